The Morgan fingerprint density at radius 1 is 1.41 bits per heavy atom. The van der Waals surface area contributed by atoms with Crippen molar-refractivity contribution in [1.29, 1.82) is 0 Å². The first kappa shape index (κ1) is 18.9. The van der Waals surface area contributed by atoms with E-state index in [-0.39, 0.29) is 17.6 Å². The molecule has 27 heavy (non-hydrogen) atoms. The number of hydrogen-bond acceptors (Lipinski definition) is 5. The minimum absolute atomic E-state index is 0.0663. The lowest BCUT2D eigenvalue weighted by Gasteiger charge is -2.27. The molecule has 1 saturated heterocycles. The molecular formula is C18H25N5O4. The number of primary amides is 1. The van der Waals surface area contributed by atoms with Crippen molar-refractivity contribution in [3.8, 4) is 0 Å². The van der Waals surface area contributed by atoms with Crippen LogP contribution in [-0.4, -0.2) is 52.7 Å². The topological polar surface area (TPSA) is 138 Å². The summed E-state index contributed by atoms with van der Waals surface area (Å²) in [5.41, 5.74) is 5.66. The van der Waals surface area contributed by atoms with Gasteiger partial charge in [-0.25, -0.2) is 4.79 Å². The molecule has 0 spiro atoms. The van der Waals surface area contributed by atoms with Crippen LogP contribution in [0.2, 0.25) is 0 Å². The summed E-state index contributed by atoms with van der Waals surface area (Å²) in [5, 5.41) is 14.6. The van der Waals surface area contributed by atoms with Crippen LogP contribution in [0.15, 0.2) is 12.3 Å². The molecule has 0 bridgehead atoms. The number of amides is 3. The third-order valence-electron chi connectivity index (χ3n) is 5.29. The summed E-state index contributed by atoms with van der Waals surface area (Å²) in [6, 6.07) is 1.57. The number of pyridine rings is 1. The van der Waals surface area contributed by atoms with Gasteiger partial charge >= 0.3 is 6.09 Å². The van der Waals surface area contributed by atoms with Gasteiger partial charge in [-0.15, -0.1) is 0 Å². The van der Waals surface area contributed by atoms with Gasteiger partial charge in [0.25, 0.3) is 11.8 Å². The number of nitrogens with two attached hydrogens (primary N) is 1. The quantitative estimate of drug-likeness (QED) is 0.584. The average Bonchev–Trinajstić information content (AvgIpc) is 3.37. The second-order valence-corrected chi connectivity index (χ2v) is 7.71. The molecule has 2 fully saturated rings. The molecule has 1 aliphatic heterocycles. The number of nitrogens with one attached hydrogen (secondary N) is 2. The van der Waals surface area contributed by atoms with Gasteiger partial charge in [-0.1, -0.05) is 0 Å². The molecule has 3 amide bonds. The maximum absolute atomic E-state index is 12.8. The van der Waals surface area contributed by atoms with Gasteiger partial charge in [-0.2, -0.15) is 0 Å². The molecule has 1 aromatic heterocycles. The van der Waals surface area contributed by atoms with Gasteiger partial charge in [0, 0.05) is 25.3 Å². The van der Waals surface area contributed by atoms with Crippen LogP contribution in [-0.2, 0) is 0 Å². The fourth-order valence-corrected chi connectivity index (χ4v) is 3.54. The van der Waals surface area contributed by atoms with Gasteiger partial charge in [-0.05, 0) is 45.1 Å². The van der Waals surface area contributed by atoms with Gasteiger partial charge in [0.15, 0.2) is 0 Å². The largest absolute Gasteiger partial charge is 0.465 e. The molecule has 9 nitrogen and oxygen atoms in total. The molecule has 0 aromatic carbocycles. The van der Waals surface area contributed by atoms with Crippen molar-refractivity contribution in [2.75, 3.05) is 18.0 Å². The highest BCUT2D eigenvalue weighted by atomic mass is 16.4. The Morgan fingerprint density at radius 3 is 2.70 bits per heavy atom. The molecule has 3 rings (SSSR count). The maximum Gasteiger partial charge on any atom is 0.405 e. The lowest BCUT2D eigenvalue weighted by atomic mass is 10.0. The van der Waals surface area contributed by atoms with Crippen LogP contribution in [0.3, 0.4) is 0 Å². The first-order valence-electron chi connectivity index (χ1n) is 9.05. The molecule has 1 aromatic rings. The number of aromatic nitrogens is 1. The Morgan fingerprint density at radius 2 is 2.11 bits per heavy atom. The highest BCUT2D eigenvalue weighted by Gasteiger charge is 2.37. The van der Waals surface area contributed by atoms with E-state index >= 15 is 0 Å². The van der Waals surface area contributed by atoms with Crippen molar-refractivity contribution in [3.05, 3.63) is 23.5 Å². The average molecular weight is 375 g/mol. The molecule has 2 heterocycles. The van der Waals surface area contributed by atoms with Crippen molar-refractivity contribution in [1.82, 2.24) is 15.6 Å². The van der Waals surface area contributed by atoms with Gasteiger partial charge in [0.05, 0.1) is 16.8 Å². The van der Waals surface area contributed by atoms with Crippen LogP contribution in [0.4, 0.5) is 10.5 Å². The lowest BCUT2D eigenvalue weighted by Crippen LogP contribution is -2.47. The van der Waals surface area contributed by atoms with E-state index in [0.29, 0.717) is 36.7 Å². The standard InChI is InChI=1S/C18H25N5O4/c1-10(11-3-4-11)21-16(25)12-8-20-13(15(19)24)7-14(12)23-6-5-18(2,9-23)22-17(26)27/h7-8,10-11,22H,3-6,9H2,1-2H3,(H2,19,24)(H,21,25)(H,26,27)/t10?,18-/m0/s1. The second-order valence-electron chi connectivity index (χ2n) is 7.71. The molecule has 1 unspecified atom stereocenters. The summed E-state index contributed by atoms with van der Waals surface area (Å²) >= 11 is 0. The van der Waals surface area contributed by atoms with Crippen LogP contribution in [0.5, 0.6) is 0 Å². The molecule has 2 aliphatic rings. The normalized spacial score (nSPS) is 23.0. The minimum Gasteiger partial charge on any atom is -0.465 e. The Kier molecular flexibility index (Phi) is 4.95. The molecule has 5 N–H and O–H groups in total. The molecule has 2 atom stereocenters. The molecular weight excluding hydrogens is 350 g/mol. The Labute approximate surface area is 157 Å². The Hall–Kier alpha value is -2.84. The van der Waals surface area contributed by atoms with Crippen molar-refractivity contribution in [2.45, 2.75) is 44.7 Å². The summed E-state index contributed by atoms with van der Waals surface area (Å²) in [5.74, 6) is -0.432. The fraction of sp³-hybridized carbons (Fsp3) is 0.556. The van der Waals surface area contributed by atoms with E-state index in [1.165, 1.54) is 12.3 Å². The number of carbonyl (C=O) groups excluding carboxylic acids is 2. The van der Waals surface area contributed by atoms with E-state index in [9.17, 15) is 14.4 Å². The maximum atomic E-state index is 12.8. The van der Waals surface area contributed by atoms with Crippen molar-refractivity contribution in [3.63, 3.8) is 0 Å². The van der Waals surface area contributed by atoms with E-state index in [0.717, 1.165) is 12.8 Å². The third kappa shape index (κ3) is 4.29. The Balaban J connectivity index is 1.87. The second kappa shape index (κ2) is 7.05. The minimum atomic E-state index is -1.09. The summed E-state index contributed by atoms with van der Waals surface area (Å²) in [6.45, 7) is 4.70. The molecule has 146 valence electrons. The zero-order valence-electron chi connectivity index (χ0n) is 15.5. The van der Waals surface area contributed by atoms with E-state index in [1.807, 2.05) is 18.7 Å². The van der Waals surface area contributed by atoms with E-state index in [1.54, 1.807) is 0 Å². The van der Waals surface area contributed by atoms with Crippen LogP contribution in [0.1, 0.15) is 54.0 Å². The monoisotopic (exact) mass is 375 g/mol. The van der Waals surface area contributed by atoms with Crippen LogP contribution in [0, 0.1) is 5.92 Å². The SMILES string of the molecule is CC(NC(=O)c1cnc(C(N)=O)cc1N1CC[C@](C)(NC(=O)O)C1)C1CC1. The van der Waals surface area contributed by atoms with Gasteiger partial charge < -0.3 is 26.4 Å². The van der Waals surface area contributed by atoms with E-state index < -0.39 is 17.5 Å². The smallest absolute Gasteiger partial charge is 0.405 e. The molecule has 0 radical (unpaired) electrons. The number of hydrogen-bond donors (Lipinski definition) is 4. The number of anilines is 1. The number of carbonyl (C=O) groups is 3. The number of rotatable bonds is 6. The van der Waals surface area contributed by atoms with Crippen LogP contribution < -0.4 is 21.3 Å². The van der Waals surface area contributed by atoms with Crippen LogP contribution >= 0.6 is 0 Å². The summed E-state index contributed by atoms with van der Waals surface area (Å²) in [6.07, 6.45) is 3.07. The van der Waals surface area contributed by atoms with E-state index in [2.05, 4.69) is 15.6 Å². The molecule has 1 aliphatic carbocycles. The van der Waals surface area contributed by atoms with Gasteiger partial charge in [0.1, 0.15) is 5.69 Å². The summed E-state index contributed by atoms with van der Waals surface area (Å²) in [4.78, 5) is 41.3. The zero-order valence-corrected chi connectivity index (χ0v) is 15.5. The highest BCUT2D eigenvalue weighted by molar-refractivity contribution is 6.01. The third-order valence-corrected chi connectivity index (χ3v) is 5.29. The first-order valence-corrected chi connectivity index (χ1v) is 9.05. The van der Waals surface area contributed by atoms with E-state index in [4.69, 9.17) is 10.8 Å². The molecule has 9 heteroatoms. The predicted molar refractivity (Wildman–Crippen MR) is 98.8 cm³/mol. The highest BCUT2D eigenvalue weighted by Crippen LogP contribution is 2.33. The van der Waals surface area contributed by atoms with Crippen molar-refractivity contribution >= 4 is 23.6 Å². The fourth-order valence-electron chi connectivity index (χ4n) is 3.54. The predicted octanol–water partition coefficient (Wildman–Crippen LogP) is 0.945. The Bertz CT molecular complexity index is 779. The zero-order chi connectivity index (χ0) is 19.8. The summed E-state index contributed by atoms with van der Waals surface area (Å²) in [7, 11) is 0. The molecule has 1 saturated carbocycles. The number of carboxylic acid groups (broad SMARTS) is 1. The first-order chi connectivity index (χ1) is 12.7. The van der Waals surface area contributed by atoms with Crippen molar-refractivity contribution in [2.24, 2.45) is 11.7 Å². The van der Waals surface area contributed by atoms with Gasteiger partial charge in [0.2, 0.25) is 0 Å². The van der Waals surface area contributed by atoms with Crippen molar-refractivity contribution < 1.29 is 19.5 Å². The lowest BCUT2D eigenvalue weighted by molar-refractivity contribution is 0.0933. The summed E-state index contributed by atoms with van der Waals surface area (Å²) < 4.78 is 0. The van der Waals surface area contributed by atoms with Crippen LogP contribution in [0.25, 0.3) is 0 Å². The number of nitrogens with zero attached hydrogens (tertiary/aromatic N) is 2. The van der Waals surface area contributed by atoms with Gasteiger partial charge in [-0.3, -0.25) is 14.6 Å².